The first kappa shape index (κ1) is 11.4. The minimum Gasteiger partial charge on any atom is -0.481 e. The van der Waals surface area contributed by atoms with Crippen LogP contribution in [-0.2, 0) is 11.2 Å². The molecule has 0 unspecified atom stereocenters. The third kappa shape index (κ3) is 2.71. The largest absolute Gasteiger partial charge is 0.481 e. The zero-order chi connectivity index (χ0) is 12.3. The second kappa shape index (κ2) is 4.81. The summed E-state index contributed by atoms with van der Waals surface area (Å²) in [5, 5.41) is 14.9. The summed E-state index contributed by atoms with van der Waals surface area (Å²) in [5.41, 5.74) is 0. The van der Waals surface area contributed by atoms with Crippen molar-refractivity contribution in [3.05, 3.63) is 12.2 Å². The summed E-state index contributed by atoms with van der Waals surface area (Å²) in [6, 6.07) is -0.258. The zero-order valence-electron chi connectivity index (χ0n) is 9.00. The third-order valence-corrected chi connectivity index (χ3v) is 2.55. The van der Waals surface area contributed by atoms with Gasteiger partial charge in [-0.15, -0.1) is 0 Å². The molecule has 0 radical (unpaired) electrons. The van der Waals surface area contributed by atoms with Gasteiger partial charge in [-0.25, -0.2) is 4.79 Å². The summed E-state index contributed by atoms with van der Waals surface area (Å²) in [7, 11) is 0. The molecule has 1 aliphatic rings. The quantitative estimate of drug-likeness (QED) is 0.723. The fourth-order valence-corrected chi connectivity index (χ4v) is 1.50. The molecule has 1 saturated heterocycles. The molecule has 2 N–H and O–H groups in total. The summed E-state index contributed by atoms with van der Waals surface area (Å²) in [5.74, 6) is -0.767. The van der Waals surface area contributed by atoms with E-state index in [1.54, 1.807) is 0 Å². The van der Waals surface area contributed by atoms with E-state index in [1.807, 2.05) is 0 Å². The van der Waals surface area contributed by atoms with E-state index in [-0.39, 0.29) is 19.1 Å². The number of carbonyl (C=O) groups excluding carboxylic acids is 1. The van der Waals surface area contributed by atoms with Crippen LogP contribution in [-0.4, -0.2) is 51.8 Å². The van der Waals surface area contributed by atoms with Gasteiger partial charge in [-0.1, -0.05) is 5.16 Å². The fourth-order valence-electron chi connectivity index (χ4n) is 1.50. The number of urea groups is 1. The predicted molar refractivity (Wildman–Crippen MR) is 54.1 cm³/mol. The lowest BCUT2D eigenvalue weighted by Gasteiger charge is -2.36. The van der Waals surface area contributed by atoms with Crippen LogP contribution >= 0.6 is 0 Å². The summed E-state index contributed by atoms with van der Waals surface area (Å²) < 4.78 is 4.54. The van der Waals surface area contributed by atoms with E-state index in [0.717, 1.165) is 0 Å². The molecular formula is C9H12N4O4. The monoisotopic (exact) mass is 240 g/mol. The van der Waals surface area contributed by atoms with E-state index in [1.165, 1.54) is 11.3 Å². The van der Waals surface area contributed by atoms with Crippen LogP contribution < -0.4 is 5.32 Å². The molecule has 92 valence electrons. The summed E-state index contributed by atoms with van der Waals surface area (Å²) in [4.78, 5) is 27.3. The molecule has 1 aliphatic heterocycles. The zero-order valence-corrected chi connectivity index (χ0v) is 9.00. The van der Waals surface area contributed by atoms with Gasteiger partial charge in [-0.2, -0.15) is 4.98 Å². The van der Waals surface area contributed by atoms with E-state index in [2.05, 4.69) is 20.0 Å². The Morgan fingerprint density at radius 2 is 2.35 bits per heavy atom. The maximum absolute atomic E-state index is 11.5. The molecule has 1 fully saturated rings. The van der Waals surface area contributed by atoms with Crippen molar-refractivity contribution in [2.45, 2.75) is 6.42 Å². The first-order chi connectivity index (χ1) is 8.16. The number of aromatic nitrogens is 2. The number of hydrogen-bond donors (Lipinski definition) is 2. The van der Waals surface area contributed by atoms with Crippen molar-refractivity contribution in [3.63, 3.8) is 0 Å². The standard InChI is InChI=1S/C9H12N4O4/c14-8(15)6-3-13(4-6)9(16)10-2-1-7-11-5-17-12-7/h5-6H,1-4H2,(H,10,16)(H,14,15). The number of nitrogens with one attached hydrogen (secondary N) is 1. The molecule has 0 bridgehead atoms. The first-order valence-corrected chi connectivity index (χ1v) is 5.17. The molecule has 0 aromatic carbocycles. The number of nitrogens with zero attached hydrogens (tertiary/aromatic N) is 3. The van der Waals surface area contributed by atoms with Crippen molar-refractivity contribution in [1.29, 1.82) is 0 Å². The van der Waals surface area contributed by atoms with Gasteiger partial charge in [0.25, 0.3) is 0 Å². The molecule has 0 spiro atoms. The normalized spacial score (nSPS) is 15.4. The second-order valence-corrected chi connectivity index (χ2v) is 3.77. The van der Waals surface area contributed by atoms with E-state index in [4.69, 9.17) is 5.11 Å². The number of aliphatic carboxylic acids is 1. The highest BCUT2D eigenvalue weighted by Gasteiger charge is 2.35. The molecule has 8 nitrogen and oxygen atoms in total. The Morgan fingerprint density at radius 1 is 1.59 bits per heavy atom. The number of amides is 2. The van der Waals surface area contributed by atoms with Crippen molar-refractivity contribution in [3.8, 4) is 0 Å². The van der Waals surface area contributed by atoms with Crippen molar-refractivity contribution in [2.24, 2.45) is 5.92 Å². The van der Waals surface area contributed by atoms with E-state index in [0.29, 0.717) is 18.8 Å². The number of rotatable bonds is 4. The van der Waals surface area contributed by atoms with Gasteiger partial charge >= 0.3 is 12.0 Å². The van der Waals surface area contributed by atoms with Crippen molar-refractivity contribution < 1.29 is 19.2 Å². The first-order valence-electron chi connectivity index (χ1n) is 5.17. The highest BCUT2D eigenvalue weighted by atomic mass is 16.5. The molecule has 0 atom stereocenters. The van der Waals surface area contributed by atoms with Crippen LogP contribution in [0.2, 0.25) is 0 Å². The minimum atomic E-state index is -0.860. The molecule has 0 saturated carbocycles. The van der Waals surface area contributed by atoms with Gasteiger partial charge < -0.3 is 19.8 Å². The molecule has 1 aromatic rings. The number of hydrogen-bond acceptors (Lipinski definition) is 5. The number of likely N-dealkylation sites (tertiary alicyclic amines) is 1. The highest BCUT2D eigenvalue weighted by Crippen LogP contribution is 2.14. The second-order valence-electron chi connectivity index (χ2n) is 3.77. The minimum absolute atomic E-state index is 0.258. The van der Waals surface area contributed by atoms with Crippen LogP contribution in [0.15, 0.2) is 10.9 Å². The average molecular weight is 240 g/mol. The Morgan fingerprint density at radius 3 is 2.94 bits per heavy atom. The van der Waals surface area contributed by atoms with Crippen LogP contribution in [0.1, 0.15) is 5.82 Å². The van der Waals surface area contributed by atoms with Gasteiger partial charge in [0.05, 0.1) is 5.92 Å². The van der Waals surface area contributed by atoms with Crippen LogP contribution in [0.3, 0.4) is 0 Å². The van der Waals surface area contributed by atoms with Crippen LogP contribution in [0.4, 0.5) is 4.79 Å². The number of carbonyl (C=O) groups is 2. The van der Waals surface area contributed by atoms with Crippen LogP contribution in [0, 0.1) is 5.92 Å². The predicted octanol–water partition coefficient (Wildman–Crippen LogP) is -0.662. The van der Waals surface area contributed by atoms with Gasteiger partial charge in [0.15, 0.2) is 5.82 Å². The number of carboxylic acids is 1. The molecular weight excluding hydrogens is 228 g/mol. The molecule has 8 heteroatoms. The third-order valence-electron chi connectivity index (χ3n) is 2.55. The van der Waals surface area contributed by atoms with Gasteiger partial charge in [0.1, 0.15) is 0 Å². The Balaban J connectivity index is 1.64. The fraction of sp³-hybridized carbons (Fsp3) is 0.556. The van der Waals surface area contributed by atoms with E-state index < -0.39 is 11.9 Å². The van der Waals surface area contributed by atoms with Gasteiger partial charge in [0, 0.05) is 26.1 Å². The van der Waals surface area contributed by atoms with Crippen LogP contribution in [0.25, 0.3) is 0 Å². The Hall–Kier alpha value is -2.12. The van der Waals surface area contributed by atoms with E-state index in [9.17, 15) is 9.59 Å². The van der Waals surface area contributed by atoms with Crippen molar-refractivity contribution in [2.75, 3.05) is 19.6 Å². The maximum Gasteiger partial charge on any atom is 0.317 e. The highest BCUT2D eigenvalue weighted by molar-refractivity contribution is 5.79. The van der Waals surface area contributed by atoms with Crippen molar-refractivity contribution in [1.82, 2.24) is 20.4 Å². The van der Waals surface area contributed by atoms with Gasteiger partial charge in [-0.05, 0) is 0 Å². The van der Waals surface area contributed by atoms with E-state index >= 15 is 0 Å². The smallest absolute Gasteiger partial charge is 0.317 e. The molecule has 2 rings (SSSR count). The maximum atomic E-state index is 11.5. The van der Waals surface area contributed by atoms with Crippen molar-refractivity contribution >= 4 is 12.0 Å². The van der Waals surface area contributed by atoms with Gasteiger partial charge in [-0.3, -0.25) is 4.79 Å². The average Bonchev–Trinajstić information content (AvgIpc) is 2.67. The lowest BCUT2D eigenvalue weighted by molar-refractivity contribution is -0.146. The SMILES string of the molecule is O=C(O)C1CN(C(=O)NCCc2ncon2)C1. The molecule has 2 heterocycles. The number of carboxylic acid groups (broad SMARTS) is 1. The molecule has 2 amide bonds. The summed E-state index contributed by atoms with van der Waals surface area (Å²) >= 11 is 0. The Kier molecular flexibility index (Phi) is 3.22. The van der Waals surface area contributed by atoms with Crippen LogP contribution in [0.5, 0.6) is 0 Å². The molecule has 0 aliphatic carbocycles. The molecule has 1 aromatic heterocycles. The topological polar surface area (TPSA) is 109 Å². The summed E-state index contributed by atoms with van der Waals surface area (Å²) in [6.07, 6.45) is 1.71. The lowest BCUT2D eigenvalue weighted by atomic mass is 10.0. The molecule has 17 heavy (non-hydrogen) atoms. The Bertz CT molecular complexity index is 399. The Labute approximate surface area is 96.6 Å². The lowest BCUT2D eigenvalue weighted by Crippen LogP contribution is -2.56. The van der Waals surface area contributed by atoms with Gasteiger partial charge in [0.2, 0.25) is 6.39 Å². The summed E-state index contributed by atoms with van der Waals surface area (Å²) in [6.45, 7) is 0.930.